The Morgan fingerprint density at radius 2 is 0.767 bits per heavy atom. The summed E-state index contributed by atoms with van der Waals surface area (Å²) in [6.07, 6.45) is -3.78. The monoisotopic (exact) mass is 1890 g/mol. The largest absolute Gasteiger partial charge is 0.479 e. The molecule has 14 unspecified atom stereocenters. The van der Waals surface area contributed by atoms with Crippen LogP contribution in [0.15, 0.2) is 227 Å². The number of nitrogen functional groups attached to an aromatic ring is 2. The van der Waals surface area contributed by atoms with Crippen molar-refractivity contribution >= 4 is 88.3 Å². The number of benzene rings is 6. The molecule has 44 nitrogen and oxygen atoms in total. The van der Waals surface area contributed by atoms with Crippen LogP contribution in [0, 0.1) is 0 Å². The molecular weight excluding hydrogens is 1800 g/mol. The molecular formula is C87H93Cl2N9O35. The van der Waals surface area contributed by atoms with E-state index in [0.717, 1.165) is 0 Å². The minimum atomic E-state index is -1.09. The van der Waals surface area contributed by atoms with Crippen molar-refractivity contribution in [2.45, 2.75) is 94.4 Å². The zero-order chi connectivity index (χ0) is 95.0. The number of nitrogens with zero attached hydrogens (tertiary/aromatic N) is 6. The number of anilines is 3. The van der Waals surface area contributed by atoms with E-state index in [1.165, 1.54) is 70.6 Å². The van der Waals surface area contributed by atoms with Crippen LogP contribution in [0.1, 0.15) is 87.8 Å². The molecule has 0 radical (unpaired) electrons. The summed E-state index contributed by atoms with van der Waals surface area (Å²) in [4.78, 5) is 138. The molecule has 0 bridgehead atoms. The Bertz CT molecular complexity index is 5390. The highest BCUT2D eigenvalue weighted by molar-refractivity contribution is 6.30. The molecule has 3 aromatic heterocycles. The molecule has 8 N–H and O–H groups in total. The number of rotatable bonds is 26. The Hall–Kier alpha value is -12.8. The molecule has 0 saturated carbocycles. The highest BCUT2D eigenvalue weighted by Gasteiger charge is 2.36. The predicted octanol–water partition coefficient (Wildman–Crippen LogP) is 5.04. The van der Waals surface area contributed by atoms with Crippen LogP contribution in [0.3, 0.4) is 0 Å². The lowest BCUT2D eigenvalue weighted by Crippen LogP contribution is -2.29. The van der Waals surface area contributed by atoms with Crippen LogP contribution < -0.4 is 33.9 Å². The molecule has 16 rings (SSSR count). The molecule has 46 heteroatoms. The van der Waals surface area contributed by atoms with Gasteiger partial charge in [0, 0.05) is 37.6 Å². The summed E-state index contributed by atoms with van der Waals surface area (Å²) < 4.78 is 113. The zero-order valence-electron chi connectivity index (χ0n) is 70.9. The first kappa shape index (κ1) is 102. The van der Waals surface area contributed by atoms with Crippen LogP contribution in [0.5, 0.6) is 0 Å². The van der Waals surface area contributed by atoms with E-state index in [9.17, 15) is 52.7 Å². The number of esters is 6. The lowest BCUT2D eigenvalue weighted by Gasteiger charge is -2.14. The fourth-order valence-electron chi connectivity index (χ4n) is 11.6. The normalized spacial score (nSPS) is 22.3. The van der Waals surface area contributed by atoms with Gasteiger partial charge in [0.2, 0.25) is 12.2 Å². The average Bonchev–Trinajstić information content (AvgIpc) is 1.75. The Morgan fingerprint density at radius 3 is 1.13 bits per heavy atom. The topological polar surface area (TPSA) is 560 Å². The standard InChI is InChI=1S/C18H15ClO6.C17H17N3O6.C15H15N3O5.C12H12O6.C12H14O5.C8H11N3O4.C5H9ClO3/c19-14-8-4-7-13(9-14)18(21)25-16-11-22-15(24-16)10-23-17(20)12-5-2-1-3-6-12;1-11(21)18-13-7-8-20(17(23)19-13)14-9-24-15(26-14)10-25-16(22)12-5-3-2-4-6-12;16-11-6-7-18(15(20)17-11)12-8-21-13(23-12)9-22-14(19)10-4-2-1-3-5-10;13-11(14)9-6-16-10(18-9)7-17-12(15)8-4-2-1-3-5-8;13-6-10-7-15-11(17-10)8-16-12(14)9-4-2-1-3-5-9;1-13-8-14-4-6(15-8)11-3-2-5(9)10-7(11)12;6-1-5-8-3-4(2-7)9-5/h1-9,15-16H,10-11H2;2-8,14-15H,9-10H2,1H3,(H,18,19,21,23);1-7,12-13H,8-9H2,(H2,16,17,20);1-5,9-10H,6-7H2,(H,13,14);1-5,10-11,13H,6-8H2;2-3,6,8H,4H2,1H3,(H2,9,10,12);4-5,7H,1-3H2. The van der Waals surface area contributed by atoms with E-state index in [1.807, 2.05) is 12.1 Å². The maximum absolute atomic E-state index is 12.0. The van der Waals surface area contributed by atoms with Crippen molar-refractivity contribution in [2.75, 3.05) is 122 Å². The van der Waals surface area contributed by atoms with Crippen molar-refractivity contribution in [1.29, 1.82) is 0 Å². The fourth-order valence-corrected chi connectivity index (χ4v) is 12.0. The van der Waals surface area contributed by atoms with Crippen LogP contribution in [-0.4, -0.2) is 266 Å². The van der Waals surface area contributed by atoms with Crippen LogP contribution in [0.25, 0.3) is 0 Å². The molecule has 9 aromatic rings. The van der Waals surface area contributed by atoms with Gasteiger partial charge < -0.3 is 132 Å². The lowest BCUT2D eigenvalue weighted by atomic mass is 10.2. The molecule has 6 aromatic carbocycles. The van der Waals surface area contributed by atoms with Gasteiger partial charge in [-0.15, -0.1) is 11.6 Å². The number of aromatic nitrogens is 6. The summed E-state index contributed by atoms with van der Waals surface area (Å²) in [5, 5.41) is 28.9. The Morgan fingerprint density at radius 1 is 0.414 bits per heavy atom. The SMILES string of the molecule is CC(=O)Nc1ccn(C2COC(COC(=O)c3ccccc3)O2)c(=O)n1.COC1OCC(n2ccc(N)nc2=O)O1.Nc1ccn(C2COC(COC(=O)c3ccccc3)O2)c(=O)n1.O=C(OCC1OCC(C(=O)O)O1)c1ccccc1.O=C(OCC1OCC(CO)O1)c1ccccc1.O=C(OCC1OCC(OC(=O)c2cccc(Cl)c2)O1)c1ccccc1.OCC1COC(CCl)O1. The number of aliphatic hydroxyl groups excluding tert-OH is 2. The number of nitrogens with two attached hydrogens (primary N) is 2. The van der Waals surface area contributed by atoms with E-state index in [0.29, 0.717) is 57.5 Å². The van der Waals surface area contributed by atoms with Gasteiger partial charge in [-0.05, 0) is 97.1 Å². The van der Waals surface area contributed by atoms with Crippen molar-refractivity contribution in [2.24, 2.45) is 0 Å². The second-order valence-corrected chi connectivity index (χ2v) is 28.5. The minimum Gasteiger partial charge on any atom is -0.479 e. The smallest absolute Gasteiger partial charge is 0.351 e. The van der Waals surface area contributed by atoms with Crippen molar-refractivity contribution in [3.05, 3.63) is 283 Å². The Balaban J connectivity index is 0.000000164. The van der Waals surface area contributed by atoms with Gasteiger partial charge in [-0.1, -0.05) is 109 Å². The van der Waals surface area contributed by atoms with Gasteiger partial charge >= 0.3 is 58.9 Å². The molecule has 7 saturated heterocycles. The van der Waals surface area contributed by atoms with Gasteiger partial charge in [-0.25, -0.2) is 47.9 Å². The second-order valence-electron chi connectivity index (χ2n) is 27.8. The van der Waals surface area contributed by atoms with E-state index in [1.54, 1.807) is 158 Å². The number of methoxy groups -OCH3 is 1. The minimum absolute atomic E-state index is 0.00733. The van der Waals surface area contributed by atoms with Gasteiger partial charge in [-0.2, -0.15) is 15.0 Å². The number of carboxylic acids is 1. The third kappa shape index (κ3) is 33.8. The maximum Gasteiger partial charge on any atom is 0.351 e. The average molecular weight is 1900 g/mol. The highest BCUT2D eigenvalue weighted by Crippen LogP contribution is 2.26. The first-order valence-corrected chi connectivity index (χ1v) is 41.3. The first-order chi connectivity index (χ1) is 64.3. The van der Waals surface area contributed by atoms with E-state index in [-0.39, 0.29) is 121 Å². The number of carbonyl (C=O) groups is 8. The summed E-state index contributed by atoms with van der Waals surface area (Å²) in [5.74, 6) is -3.52. The van der Waals surface area contributed by atoms with Crippen molar-refractivity contribution < 1.29 is 153 Å². The van der Waals surface area contributed by atoms with Crippen LogP contribution in [-0.2, 0) is 109 Å². The number of aliphatic carboxylic acids is 1. The number of ether oxygens (including phenoxy) is 21. The lowest BCUT2D eigenvalue weighted by molar-refractivity contribution is -0.229. The number of amides is 1. The third-order valence-electron chi connectivity index (χ3n) is 18.1. The molecule has 7 aliphatic heterocycles. The summed E-state index contributed by atoms with van der Waals surface area (Å²) in [6.45, 7) is 1.43. The maximum atomic E-state index is 12.0. The van der Waals surface area contributed by atoms with E-state index >= 15 is 0 Å². The predicted molar refractivity (Wildman–Crippen MR) is 457 cm³/mol. The third-order valence-corrected chi connectivity index (χ3v) is 18.6. The number of carbonyl (C=O) groups excluding carboxylic acids is 7. The van der Waals surface area contributed by atoms with Gasteiger partial charge in [0.15, 0.2) is 62.5 Å². The molecule has 10 heterocycles. The van der Waals surface area contributed by atoms with Gasteiger partial charge in [0.05, 0.1) is 92.1 Å². The van der Waals surface area contributed by atoms with Gasteiger partial charge in [0.1, 0.15) is 69.3 Å². The fraction of sp³-hybridized carbons (Fsp3) is 0.356. The molecule has 1 amide bonds. The van der Waals surface area contributed by atoms with Gasteiger partial charge in [0.25, 0.3) is 6.48 Å². The summed E-state index contributed by atoms with van der Waals surface area (Å²) >= 11 is 11.2. The van der Waals surface area contributed by atoms with Crippen LogP contribution >= 0.6 is 23.2 Å². The molecule has 710 valence electrons. The molecule has 7 aliphatic rings. The van der Waals surface area contributed by atoms with E-state index in [2.05, 4.69) is 20.3 Å². The summed E-state index contributed by atoms with van der Waals surface area (Å²) in [6, 6.07) is 53.8. The Kier molecular flexibility index (Phi) is 41.3. The number of hydrogen-bond acceptors (Lipinski definition) is 39. The molecule has 14 atom stereocenters. The number of aliphatic hydroxyl groups is 2. The van der Waals surface area contributed by atoms with Crippen LogP contribution in [0.2, 0.25) is 5.02 Å². The molecule has 7 fully saturated rings. The van der Waals surface area contributed by atoms with Crippen molar-refractivity contribution in [3.8, 4) is 0 Å². The van der Waals surface area contributed by atoms with Crippen molar-refractivity contribution in [1.82, 2.24) is 28.7 Å². The van der Waals surface area contributed by atoms with E-state index < -0.39 is 128 Å². The first-order valence-electron chi connectivity index (χ1n) is 40.4. The summed E-state index contributed by atoms with van der Waals surface area (Å²) in [7, 11) is 1.46. The number of carboxylic acid groups (broad SMARTS) is 1. The number of alkyl halides is 1. The summed E-state index contributed by atoms with van der Waals surface area (Å²) in [5.41, 5.74) is 11.7. The number of halogens is 2. The van der Waals surface area contributed by atoms with Crippen molar-refractivity contribution in [3.63, 3.8) is 0 Å². The highest BCUT2D eigenvalue weighted by atomic mass is 35.5. The number of nitrogens with one attached hydrogen (secondary N) is 1. The molecule has 133 heavy (non-hydrogen) atoms. The zero-order valence-corrected chi connectivity index (χ0v) is 72.4. The second kappa shape index (κ2) is 53.7. The Labute approximate surface area is 765 Å². The molecule has 0 aliphatic carbocycles. The quantitative estimate of drug-likeness (QED) is 0.0235. The van der Waals surface area contributed by atoms with Gasteiger partial charge in [-0.3, -0.25) is 18.5 Å². The van der Waals surface area contributed by atoms with Crippen LogP contribution in [0.4, 0.5) is 17.5 Å². The van der Waals surface area contributed by atoms with E-state index in [4.69, 9.17) is 149 Å². The number of hydrogen-bond donors (Lipinski definition) is 6. The molecule has 0 spiro atoms.